The molecule has 0 saturated carbocycles. The maximum Gasteiger partial charge on any atom is 0.336 e. The highest BCUT2D eigenvalue weighted by Gasteiger charge is 2.26. The van der Waals surface area contributed by atoms with Gasteiger partial charge in [-0.1, -0.05) is 12.1 Å². The van der Waals surface area contributed by atoms with Gasteiger partial charge < -0.3 is 14.4 Å². The molecule has 2 N–H and O–H groups in total. The van der Waals surface area contributed by atoms with E-state index in [0.717, 1.165) is 53.6 Å². The lowest BCUT2D eigenvalue weighted by atomic mass is 9.97. The molecule has 4 nitrogen and oxygen atoms in total. The van der Waals surface area contributed by atoms with Crippen molar-refractivity contribution in [2.24, 2.45) is 0 Å². The third-order valence-electron chi connectivity index (χ3n) is 5.29. The second kappa shape index (κ2) is 6.85. The molecule has 0 amide bonds. The van der Waals surface area contributed by atoms with Gasteiger partial charge in [0.2, 0.25) is 0 Å². The number of likely N-dealkylation sites (tertiary alicyclic amines) is 1. The Bertz CT molecular complexity index is 748. The van der Waals surface area contributed by atoms with Gasteiger partial charge >= 0.3 is 5.63 Å². The average Bonchev–Trinajstić information content (AvgIpc) is 2.53. The van der Waals surface area contributed by atoms with Crippen molar-refractivity contribution in [3.63, 3.8) is 0 Å². The highest BCUT2D eigenvalue weighted by Crippen LogP contribution is 2.23. The Morgan fingerprint density at radius 2 is 2.13 bits per heavy atom. The molecule has 1 saturated heterocycles. The van der Waals surface area contributed by atoms with Crippen LogP contribution in [0.5, 0.6) is 0 Å². The molecule has 0 radical (unpaired) electrons. The third-order valence-corrected chi connectivity index (χ3v) is 5.29. The van der Waals surface area contributed by atoms with Crippen molar-refractivity contribution in [2.45, 2.75) is 52.1 Å². The number of aliphatic hydroxyl groups excluding tert-OH is 1. The summed E-state index contributed by atoms with van der Waals surface area (Å²) in [5, 5.41) is 10.4. The number of hydrogen-bond donors (Lipinski definition) is 2. The normalized spacial score (nSPS) is 21.7. The Morgan fingerprint density at radius 1 is 1.30 bits per heavy atom. The number of piperidine rings is 1. The minimum absolute atomic E-state index is 0.240. The molecule has 2 atom stereocenters. The first-order valence-electron chi connectivity index (χ1n) is 8.58. The van der Waals surface area contributed by atoms with Crippen LogP contribution in [0.4, 0.5) is 0 Å². The van der Waals surface area contributed by atoms with Gasteiger partial charge in [-0.15, -0.1) is 0 Å². The quantitative estimate of drug-likeness (QED) is 0.845. The van der Waals surface area contributed by atoms with E-state index in [0.29, 0.717) is 6.04 Å². The van der Waals surface area contributed by atoms with Gasteiger partial charge in [0.05, 0.1) is 12.6 Å². The maximum atomic E-state index is 12.0. The molecule has 0 aliphatic carbocycles. The number of quaternary nitrogens is 1. The first-order valence-corrected chi connectivity index (χ1v) is 8.58. The van der Waals surface area contributed by atoms with Crippen LogP contribution in [0.1, 0.15) is 42.4 Å². The van der Waals surface area contributed by atoms with E-state index in [-0.39, 0.29) is 12.2 Å². The number of rotatable bonds is 4. The number of aryl methyl sites for hydroxylation is 2. The van der Waals surface area contributed by atoms with Gasteiger partial charge in [-0.2, -0.15) is 0 Å². The smallest absolute Gasteiger partial charge is 0.336 e. The second-order valence-corrected chi connectivity index (χ2v) is 6.76. The van der Waals surface area contributed by atoms with Crippen molar-refractivity contribution < 1.29 is 14.4 Å². The SMILES string of the molecule is Cc1ccc2c(C[NH+]3CCCC[C@@H]3CCO)cc(=O)oc2c1C. The fraction of sp³-hybridized carbons (Fsp3) is 0.526. The topological polar surface area (TPSA) is 54.9 Å². The van der Waals surface area contributed by atoms with E-state index in [2.05, 4.69) is 12.1 Å². The van der Waals surface area contributed by atoms with Crippen LogP contribution in [0.15, 0.2) is 27.4 Å². The summed E-state index contributed by atoms with van der Waals surface area (Å²) >= 11 is 0. The molecule has 23 heavy (non-hydrogen) atoms. The highest BCUT2D eigenvalue weighted by atomic mass is 16.4. The van der Waals surface area contributed by atoms with Crippen LogP contribution < -0.4 is 10.5 Å². The molecule has 2 heterocycles. The summed E-state index contributed by atoms with van der Waals surface area (Å²) in [6.07, 6.45) is 4.46. The van der Waals surface area contributed by atoms with Crippen molar-refractivity contribution in [2.75, 3.05) is 13.2 Å². The van der Waals surface area contributed by atoms with E-state index in [9.17, 15) is 9.90 Å². The zero-order chi connectivity index (χ0) is 16.4. The molecule has 124 valence electrons. The predicted molar refractivity (Wildman–Crippen MR) is 90.8 cm³/mol. The number of fused-ring (bicyclic) bond motifs is 1. The van der Waals surface area contributed by atoms with Crippen molar-refractivity contribution in [1.82, 2.24) is 0 Å². The van der Waals surface area contributed by atoms with E-state index in [1.165, 1.54) is 17.7 Å². The van der Waals surface area contributed by atoms with Gasteiger partial charge in [0.1, 0.15) is 12.1 Å². The Labute approximate surface area is 136 Å². The van der Waals surface area contributed by atoms with Gasteiger partial charge in [0, 0.05) is 30.0 Å². The van der Waals surface area contributed by atoms with E-state index in [1.54, 1.807) is 6.07 Å². The molecular weight excluding hydrogens is 290 g/mol. The Kier molecular flexibility index (Phi) is 4.83. The molecular formula is C19H26NO3+. The average molecular weight is 316 g/mol. The zero-order valence-corrected chi connectivity index (χ0v) is 14.0. The van der Waals surface area contributed by atoms with Gasteiger partial charge in [0.15, 0.2) is 0 Å². The molecule has 1 aliphatic heterocycles. The van der Waals surface area contributed by atoms with Crippen molar-refractivity contribution in [3.05, 3.63) is 45.3 Å². The van der Waals surface area contributed by atoms with Crippen LogP contribution in [0.3, 0.4) is 0 Å². The zero-order valence-electron chi connectivity index (χ0n) is 14.0. The maximum absolute atomic E-state index is 12.0. The minimum Gasteiger partial charge on any atom is -0.422 e. The fourth-order valence-electron chi connectivity index (χ4n) is 3.80. The Hall–Kier alpha value is -1.65. The largest absolute Gasteiger partial charge is 0.422 e. The first-order chi connectivity index (χ1) is 11.1. The van der Waals surface area contributed by atoms with Crippen LogP contribution in [-0.2, 0) is 6.54 Å². The van der Waals surface area contributed by atoms with E-state index >= 15 is 0 Å². The highest BCUT2D eigenvalue weighted by molar-refractivity contribution is 5.83. The summed E-state index contributed by atoms with van der Waals surface area (Å²) in [6, 6.07) is 6.30. The number of aliphatic hydroxyl groups is 1. The molecule has 0 spiro atoms. The molecule has 1 aliphatic rings. The molecule has 3 rings (SSSR count). The summed E-state index contributed by atoms with van der Waals surface area (Å²) in [5.74, 6) is 0. The monoisotopic (exact) mass is 316 g/mol. The molecule has 1 fully saturated rings. The molecule has 2 aromatic rings. The fourth-order valence-corrected chi connectivity index (χ4v) is 3.80. The van der Waals surface area contributed by atoms with Crippen LogP contribution in [0.25, 0.3) is 11.0 Å². The third kappa shape index (κ3) is 3.33. The van der Waals surface area contributed by atoms with Gasteiger partial charge in [-0.3, -0.25) is 0 Å². The second-order valence-electron chi connectivity index (χ2n) is 6.76. The van der Waals surface area contributed by atoms with Crippen LogP contribution >= 0.6 is 0 Å². The van der Waals surface area contributed by atoms with E-state index < -0.39 is 0 Å². The van der Waals surface area contributed by atoms with E-state index in [1.807, 2.05) is 13.8 Å². The minimum atomic E-state index is -0.267. The lowest BCUT2D eigenvalue weighted by Crippen LogP contribution is -3.15. The van der Waals surface area contributed by atoms with Crippen LogP contribution in [0, 0.1) is 13.8 Å². The molecule has 1 unspecified atom stereocenters. The molecule has 1 aromatic carbocycles. The molecule has 4 heteroatoms. The summed E-state index contributed by atoms with van der Waals surface area (Å²) in [5.41, 5.74) is 3.71. The number of nitrogens with one attached hydrogen (secondary N) is 1. The van der Waals surface area contributed by atoms with Crippen molar-refractivity contribution in [1.29, 1.82) is 0 Å². The summed E-state index contributed by atoms with van der Waals surface area (Å²) in [6.45, 7) is 6.22. The summed E-state index contributed by atoms with van der Waals surface area (Å²) in [4.78, 5) is 13.5. The van der Waals surface area contributed by atoms with Crippen molar-refractivity contribution >= 4 is 11.0 Å². The van der Waals surface area contributed by atoms with E-state index in [4.69, 9.17) is 4.42 Å². The Morgan fingerprint density at radius 3 is 2.91 bits per heavy atom. The number of hydrogen-bond acceptors (Lipinski definition) is 3. The standard InChI is InChI=1S/C19H25NO3/c1-13-6-7-17-15(11-18(22)23-19(17)14(13)2)12-20-9-4-3-5-16(20)8-10-21/h6-7,11,16,21H,3-5,8-10,12H2,1-2H3/p+1/t16-/m1/s1. The van der Waals surface area contributed by atoms with Gasteiger partial charge in [0.25, 0.3) is 0 Å². The Balaban J connectivity index is 1.99. The summed E-state index contributed by atoms with van der Waals surface area (Å²) < 4.78 is 5.47. The molecule has 1 aromatic heterocycles. The van der Waals surface area contributed by atoms with Gasteiger partial charge in [-0.05, 0) is 44.2 Å². The molecule has 0 bridgehead atoms. The predicted octanol–water partition coefficient (Wildman–Crippen LogP) is 1.73. The number of benzene rings is 1. The summed E-state index contributed by atoms with van der Waals surface area (Å²) in [7, 11) is 0. The van der Waals surface area contributed by atoms with Crippen LogP contribution in [-0.4, -0.2) is 24.3 Å². The lowest BCUT2D eigenvalue weighted by molar-refractivity contribution is -0.944. The lowest BCUT2D eigenvalue weighted by Gasteiger charge is -2.32. The van der Waals surface area contributed by atoms with Gasteiger partial charge in [-0.25, -0.2) is 4.79 Å². The van der Waals surface area contributed by atoms with Crippen molar-refractivity contribution in [3.8, 4) is 0 Å². The van der Waals surface area contributed by atoms with Crippen LogP contribution in [0.2, 0.25) is 0 Å². The first kappa shape index (κ1) is 16.2.